The molecule has 0 aliphatic carbocycles. The number of nitrogens with two attached hydrogens (primary N) is 1. The van der Waals surface area contributed by atoms with Gasteiger partial charge in [-0.15, -0.1) is 0 Å². The lowest BCUT2D eigenvalue weighted by Crippen LogP contribution is -2.50. The van der Waals surface area contributed by atoms with E-state index in [1.165, 1.54) is 0 Å². The Morgan fingerprint density at radius 2 is 2.00 bits per heavy atom. The lowest BCUT2D eigenvalue weighted by molar-refractivity contribution is -0.133. The number of carbonyl (C=O) groups is 2. The summed E-state index contributed by atoms with van der Waals surface area (Å²) in [6.45, 7) is 5.84. The van der Waals surface area contributed by atoms with Crippen molar-refractivity contribution in [1.82, 2.24) is 10.2 Å². The third-order valence-corrected chi connectivity index (χ3v) is 4.51. The standard InChI is InChI=1S/C17H24ClN3O2/c1-11(2)15(17(23)21-8-7-12(9-19)10-21)20-16(22)13-3-5-14(18)6-4-13/h3-6,11-12,15H,7-10,19H2,1-2H3,(H,20,22). The van der Waals surface area contributed by atoms with Gasteiger partial charge in [0.15, 0.2) is 0 Å². The van der Waals surface area contributed by atoms with E-state index in [4.69, 9.17) is 17.3 Å². The molecule has 0 bridgehead atoms. The molecular formula is C17H24ClN3O2. The molecule has 0 spiro atoms. The second-order valence-electron chi connectivity index (χ2n) is 6.38. The average Bonchev–Trinajstić information content (AvgIpc) is 3.01. The zero-order valence-electron chi connectivity index (χ0n) is 13.6. The molecule has 23 heavy (non-hydrogen) atoms. The average molecular weight is 338 g/mol. The van der Waals surface area contributed by atoms with Crippen LogP contribution in [0.2, 0.25) is 5.02 Å². The first kappa shape index (κ1) is 17.8. The number of nitrogens with zero attached hydrogens (tertiary/aromatic N) is 1. The maximum Gasteiger partial charge on any atom is 0.251 e. The van der Waals surface area contributed by atoms with Crippen molar-refractivity contribution >= 4 is 23.4 Å². The first-order valence-electron chi connectivity index (χ1n) is 7.97. The van der Waals surface area contributed by atoms with Crippen molar-refractivity contribution in [2.75, 3.05) is 19.6 Å². The Balaban J connectivity index is 2.05. The van der Waals surface area contributed by atoms with Gasteiger partial charge in [0.05, 0.1) is 0 Å². The first-order chi connectivity index (χ1) is 10.9. The van der Waals surface area contributed by atoms with Gasteiger partial charge >= 0.3 is 0 Å². The number of halogens is 1. The first-order valence-corrected chi connectivity index (χ1v) is 8.35. The third kappa shape index (κ3) is 4.45. The van der Waals surface area contributed by atoms with Crippen molar-refractivity contribution in [1.29, 1.82) is 0 Å². The van der Waals surface area contributed by atoms with Crippen LogP contribution in [0.5, 0.6) is 0 Å². The number of benzene rings is 1. The molecular weight excluding hydrogens is 314 g/mol. The van der Waals surface area contributed by atoms with Gasteiger partial charge in [0, 0.05) is 23.7 Å². The molecule has 1 aromatic carbocycles. The summed E-state index contributed by atoms with van der Waals surface area (Å²) < 4.78 is 0. The SMILES string of the molecule is CC(C)C(NC(=O)c1ccc(Cl)cc1)C(=O)N1CCC(CN)C1. The van der Waals surface area contributed by atoms with E-state index < -0.39 is 6.04 Å². The molecule has 1 aliphatic rings. The van der Waals surface area contributed by atoms with Gasteiger partial charge in [-0.2, -0.15) is 0 Å². The number of hydrogen-bond acceptors (Lipinski definition) is 3. The summed E-state index contributed by atoms with van der Waals surface area (Å²) in [7, 11) is 0. The van der Waals surface area contributed by atoms with Crippen molar-refractivity contribution in [2.24, 2.45) is 17.6 Å². The summed E-state index contributed by atoms with van der Waals surface area (Å²) in [6, 6.07) is 6.10. The summed E-state index contributed by atoms with van der Waals surface area (Å²) in [5.41, 5.74) is 6.18. The molecule has 2 atom stereocenters. The van der Waals surface area contributed by atoms with Crippen molar-refractivity contribution in [2.45, 2.75) is 26.3 Å². The largest absolute Gasteiger partial charge is 0.341 e. The zero-order chi connectivity index (χ0) is 17.0. The van der Waals surface area contributed by atoms with E-state index in [2.05, 4.69) is 5.32 Å². The van der Waals surface area contributed by atoms with Crippen molar-refractivity contribution in [3.63, 3.8) is 0 Å². The molecule has 1 fully saturated rings. The minimum absolute atomic E-state index is 0.00989. The fourth-order valence-electron chi connectivity index (χ4n) is 2.76. The molecule has 5 nitrogen and oxygen atoms in total. The van der Waals surface area contributed by atoms with Gasteiger partial charge in [-0.05, 0) is 49.1 Å². The molecule has 1 heterocycles. The van der Waals surface area contributed by atoms with Crippen LogP contribution in [0, 0.1) is 11.8 Å². The predicted octanol–water partition coefficient (Wildman–Crippen LogP) is 1.90. The van der Waals surface area contributed by atoms with Crippen LogP contribution < -0.4 is 11.1 Å². The van der Waals surface area contributed by atoms with Crippen LogP contribution in [-0.4, -0.2) is 42.4 Å². The van der Waals surface area contributed by atoms with E-state index in [1.807, 2.05) is 18.7 Å². The van der Waals surface area contributed by atoms with Gasteiger partial charge in [-0.1, -0.05) is 25.4 Å². The van der Waals surface area contributed by atoms with Crippen LogP contribution in [0.3, 0.4) is 0 Å². The monoisotopic (exact) mass is 337 g/mol. The van der Waals surface area contributed by atoms with Crippen LogP contribution >= 0.6 is 11.6 Å². The van der Waals surface area contributed by atoms with E-state index in [9.17, 15) is 9.59 Å². The minimum atomic E-state index is -0.533. The van der Waals surface area contributed by atoms with Gasteiger partial charge in [-0.3, -0.25) is 9.59 Å². The normalized spacial score (nSPS) is 19.0. The van der Waals surface area contributed by atoms with Crippen LogP contribution in [0.4, 0.5) is 0 Å². The second kappa shape index (κ2) is 7.79. The van der Waals surface area contributed by atoms with Gasteiger partial charge in [0.2, 0.25) is 5.91 Å². The topological polar surface area (TPSA) is 75.4 Å². The van der Waals surface area contributed by atoms with E-state index in [0.29, 0.717) is 36.1 Å². The third-order valence-electron chi connectivity index (χ3n) is 4.26. The number of likely N-dealkylation sites (tertiary alicyclic amines) is 1. The highest BCUT2D eigenvalue weighted by atomic mass is 35.5. The molecule has 0 saturated carbocycles. The van der Waals surface area contributed by atoms with Gasteiger partial charge in [-0.25, -0.2) is 0 Å². The fraction of sp³-hybridized carbons (Fsp3) is 0.529. The molecule has 2 amide bonds. The van der Waals surface area contributed by atoms with E-state index in [0.717, 1.165) is 6.42 Å². The maximum atomic E-state index is 12.7. The number of nitrogens with one attached hydrogen (secondary N) is 1. The predicted molar refractivity (Wildman–Crippen MR) is 91.3 cm³/mol. The highest BCUT2D eigenvalue weighted by Crippen LogP contribution is 2.18. The molecule has 126 valence electrons. The molecule has 3 N–H and O–H groups in total. The number of rotatable bonds is 5. The Morgan fingerprint density at radius 3 is 2.52 bits per heavy atom. The quantitative estimate of drug-likeness (QED) is 0.861. The van der Waals surface area contributed by atoms with Crippen molar-refractivity contribution in [3.05, 3.63) is 34.9 Å². The second-order valence-corrected chi connectivity index (χ2v) is 6.81. The van der Waals surface area contributed by atoms with Gasteiger partial charge in [0.1, 0.15) is 6.04 Å². The highest BCUT2D eigenvalue weighted by Gasteiger charge is 2.32. The molecule has 1 saturated heterocycles. The van der Waals surface area contributed by atoms with E-state index in [1.54, 1.807) is 24.3 Å². The molecule has 1 aliphatic heterocycles. The summed E-state index contributed by atoms with van der Waals surface area (Å²) >= 11 is 5.83. The molecule has 2 unspecified atom stereocenters. The lowest BCUT2D eigenvalue weighted by Gasteiger charge is -2.27. The molecule has 1 aromatic rings. The van der Waals surface area contributed by atoms with Crippen LogP contribution in [0.1, 0.15) is 30.6 Å². The van der Waals surface area contributed by atoms with Crippen LogP contribution in [-0.2, 0) is 4.79 Å². The summed E-state index contributed by atoms with van der Waals surface area (Å²) in [6.07, 6.45) is 0.929. The van der Waals surface area contributed by atoms with E-state index in [-0.39, 0.29) is 17.7 Å². The fourth-order valence-corrected chi connectivity index (χ4v) is 2.89. The van der Waals surface area contributed by atoms with Crippen LogP contribution in [0.25, 0.3) is 0 Å². The Bertz CT molecular complexity index is 559. The Kier molecular flexibility index (Phi) is 6.02. The van der Waals surface area contributed by atoms with Crippen molar-refractivity contribution in [3.8, 4) is 0 Å². The summed E-state index contributed by atoms with van der Waals surface area (Å²) in [5.74, 6) is 0.0796. The minimum Gasteiger partial charge on any atom is -0.341 e. The Hall–Kier alpha value is -1.59. The number of amides is 2. The maximum absolute atomic E-state index is 12.7. The number of hydrogen-bond donors (Lipinski definition) is 2. The van der Waals surface area contributed by atoms with Gasteiger partial charge in [0.25, 0.3) is 5.91 Å². The zero-order valence-corrected chi connectivity index (χ0v) is 14.3. The van der Waals surface area contributed by atoms with E-state index >= 15 is 0 Å². The molecule has 0 radical (unpaired) electrons. The van der Waals surface area contributed by atoms with Crippen molar-refractivity contribution < 1.29 is 9.59 Å². The Morgan fingerprint density at radius 1 is 1.35 bits per heavy atom. The highest BCUT2D eigenvalue weighted by molar-refractivity contribution is 6.30. The molecule has 0 aromatic heterocycles. The smallest absolute Gasteiger partial charge is 0.251 e. The number of carbonyl (C=O) groups excluding carboxylic acids is 2. The summed E-state index contributed by atoms with van der Waals surface area (Å²) in [5, 5.41) is 3.43. The molecule has 6 heteroatoms. The van der Waals surface area contributed by atoms with Crippen LogP contribution in [0.15, 0.2) is 24.3 Å². The summed E-state index contributed by atoms with van der Waals surface area (Å²) in [4.78, 5) is 26.9. The Labute approximate surface area is 142 Å². The lowest BCUT2D eigenvalue weighted by atomic mass is 10.0. The van der Waals surface area contributed by atoms with Gasteiger partial charge < -0.3 is 16.0 Å². The molecule has 2 rings (SSSR count).